The summed E-state index contributed by atoms with van der Waals surface area (Å²) in [6.45, 7) is 1.51. The van der Waals surface area contributed by atoms with Gasteiger partial charge >= 0.3 is 5.97 Å². The number of nitriles is 1. The van der Waals surface area contributed by atoms with E-state index in [1.54, 1.807) is 11.3 Å². The number of thiophene rings is 1. The minimum absolute atomic E-state index is 0.0888. The lowest BCUT2D eigenvalue weighted by Gasteiger charge is -2.09. The first-order valence-electron chi connectivity index (χ1n) is 7.71. The lowest BCUT2D eigenvalue weighted by Crippen LogP contribution is -2.16. The molecule has 1 atom stereocenters. The van der Waals surface area contributed by atoms with E-state index >= 15 is 0 Å². The Kier molecular flexibility index (Phi) is 4.44. The van der Waals surface area contributed by atoms with Crippen LogP contribution in [0.4, 0.5) is 0 Å². The van der Waals surface area contributed by atoms with E-state index in [1.165, 1.54) is 11.8 Å². The maximum absolute atomic E-state index is 12.4. The number of aromatic nitrogens is 2. The maximum atomic E-state index is 12.4. The molecule has 1 aliphatic carbocycles. The van der Waals surface area contributed by atoms with E-state index < -0.39 is 12.1 Å². The van der Waals surface area contributed by atoms with E-state index in [2.05, 4.69) is 9.97 Å². The molecule has 3 rings (SSSR count). The van der Waals surface area contributed by atoms with E-state index in [-0.39, 0.29) is 12.0 Å². The number of aryl methyl sites for hydroxylation is 3. The minimum Gasteiger partial charge on any atom is -0.447 e. The second-order valence-corrected chi connectivity index (χ2v) is 6.75. The van der Waals surface area contributed by atoms with Crippen molar-refractivity contribution in [3.63, 3.8) is 0 Å². The number of hydrogen-bond acceptors (Lipinski definition) is 6. The van der Waals surface area contributed by atoms with Gasteiger partial charge in [0.15, 0.2) is 6.10 Å². The van der Waals surface area contributed by atoms with Crippen LogP contribution in [0.5, 0.6) is 0 Å². The highest BCUT2D eigenvalue weighted by Gasteiger charge is 2.20. The van der Waals surface area contributed by atoms with Crippen LogP contribution < -0.4 is 5.56 Å². The Labute approximate surface area is 137 Å². The molecule has 0 spiro atoms. The average Bonchev–Trinajstić information content (AvgIpc) is 2.91. The molecular formula is C16H17N3O3S. The molecule has 0 saturated carbocycles. The van der Waals surface area contributed by atoms with Crippen LogP contribution in [-0.2, 0) is 28.8 Å². The monoisotopic (exact) mass is 331 g/mol. The lowest BCUT2D eigenvalue weighted by molar-refractivity contribution is -0.145. The molecule has 23 heavy (non-hydrogen) atoms. The lowest BCUT2D eigenvalue weighted by atomic mass is 9.97. The number of rotatable bonds is 4. The SMILES string of the molecule is C[C@@H](C#N)OC(=O)CCc1nc2sc3c(c2c(=O)[nH]1)CCCC3. The van der Waals surface area contributed by atoms with Crippen molar-refractivity contribution >= 4 is 27.5 Å². The Hall–Kier alpha value is -2.20. The van der Waals surface area contributed by atoms with Gasteiger partial charge in [-0.2, -0.15) is 5.26 Å². The average molecular weight is 331 g/mol. The quantitative estimate of drug-likeness (QED) is 0.867. The Morgan fingerprint density at radius 3 is 3.04 bits per heavy atom. The zero-order valence-corrected chi connectivity index (χ0v) is 13.7. The largest absolute Gasteiger partial charge is 0.447 e. The van der Waals surface area contributed by atoms with Gasteiger partial charge in [0.25, 0.3) is 5.56 Å². The zero-order valence-electron chi connectivity index (χ0n) is 12.8. The van der Waals surface area contributed by atoms with E-state index in [4.69, 9.17) is 10.00 Å². The number of fused-ring (bicyclic) bond motifs is 3. The van der Waals surface area contributed by atoms with Crippen LogP contribution in [0.3, 0.4) is 0 Å². The van der Waals surface area contributed by atoms with Gasteiger partial charge in [-0.25, -0.2) is 4.98 Å². The Balaban J connectivity index is 1.79. The molecule has 1 aliphatic rings. The third-order valence-corrected chi connectivity index (χ3v) is 5.12. The fraction of sp³-hybridized carbons (Fsp3) is 0.500. The fourth-order valence-corrected chi connectivity index (χ4v) is 4.11. The number of nitrogens with one attached hydrogen (secondary N) is 1. The predicted molar refractivity (Wildman–Crippen MR) is 86.4 cm³/mol. The number of esters is 1. The van der Waals surface area contributed by atoms with E-state index in [0.29, 0.717) is 17.6 Å². The number of nitrogens with zero attached hydrogens (tertiary/aromatic N) is 2. The molecule has 0 radical (unpaired) electrons. The first kappa shape index (κ1) is 15.7. The third kappa shape index (κ3) is 3.27. The normalized spacial score (nSPS) is 15.0. The number of aromatic amines is 1. The molecule has 0 aromatic carbocycles. The summed E-state index contributed by atoms with van der Waals surface area (Å²) < 4.78 is 4.89. The molecule has 1 N–H and O–H groups in total. The molecule has 2 heterocycles. The van der Waals surface area contributed by atoms with Crippen LogP contribution >= 0.6 is 11.3 Å². The fourth-order valence-electron chi connectivity index (χ4n) is 2.83. The highest BCUT2D eigenvalue weighted by atomic mass is 32.1. The molecule has 2 aromatic rings. The summed E-state index contributed by atoms with van der Waals surface area (Å²) in [6, 6.07) is 1.84. The third-order valence-electron chi connectivity index (χ3n) is 3.93. The first-order valence-corrected chi connectivity index (χ1v) is 8.52. The number of carbonyl (C=O) groups is 1. The van der Waals surface area contributed by atoms with Crippen molar-refractivity contribution in [1.29, 1.82) is 5.26 Å². The van der Waals surface area contributed by atoms with Gasteiger partial charge in [0, 0.05) is 11.3 Å². The molecule has 0 fully saturated rings. The van der Waals surface area contributed by atoms with Gasteiger partial charge in [0.2, 0.25) is 0 Å². The summed E-state index contributed by atoms with van der Waals surface area (Å²) in [5.41, 5.74) is 1.03. The molecule has 0 saturated heterocycles. The number of hydrogen-bond donors (Lipinski definition) is 1. The minimum atomic E-state index is -0.763. The Morgan fingerprint density at radius 2 is 2.26 bits per heavy atom. The molecule has 120 valence electrons. The van der Waals surface area contributed by atoms with Crippen molar-refractivity contribution in [3.05, 3.63) is 26.6 Å². The van der Waals surface area contributed by atoms with Crippen LogP contribution in [0.1, 0.15) is 42.5 Å². The smallest absolute Gasteiger partial charge is 0.307 e. The first-order chi connectivity index (χ1) is 11.1. The number of H-pyrrole nitrogens is 1. The van der Waals surface area contributed by atoms with Crippen LogP contribution in [0.25, 0.3) is 10.2 Å². The molecular weight excluding hydrogens is 314 g/mol. The van der Waals surface area contributed by atoms with Crippen molar-refractivity contribution in [2.45, 2.75) is 51.6 Å². The topological polar surface area (TPSA) is 95.8 Å². The zero-order chi connectivity index (χ0) is 16.4. The highest BCUT2D eigenvalue weighted by Crippen LogP contribution is 2.33. The predicted octanol–water partition coefficient (Wildman–Crippen LogP) is 2.25. The second-order valence-electron chi connectivity index (χ2n) is 5.66. The van der Waals surface area contributed by atoms with Gasteiger partial charge < -0.3 is 9.72 Å². The van der Waals surface area contributed by atoms with Crippen molar-refractivity contribution in [2.75, 3.05) is 0 Å². The summed E-state index contributed by atoms with van der Waals surface area (Å²) in [7, 11) is 0. The maximum Gasteiger partial charge on any atom is 0.307 e. The van der Waals surface area contributed by atoms with Crippen molar-refractivity contribution < 1.29 is 9.53 Å². The Morgan fingerprint density at radius 1 is 1.48 bits per heavy atom. The second kappa shape index (κ2) is 6.50. The van der Waals surface area contributed by atoms with Gasteiger partial charge in [-0.15, -0.1) is 11.3 Å². The van der Waals surface area contributed by atoms with Crippen molar-refractivity contribution in [1.82, 2.24) is 9.97 Å². The van der Waals surface area contributed by atoms with Gasteiger partial charge in [0.1, 0.15) is 16.7 Å². The standard InChI is InChI=1S/C16H17N3O3S/c1-9(8-17)22-13(20)7-6-12-18-15(21)14-10-4-2-3-5-11(10)23-16(14)19-12/h9H,2-7H2,1H3,(H,18,19,21)/t9-/m0/s1. The summed E-state index contributed by atoms with van der Waals surface area (Å²) in [4.78, 5) is 33.3. The van der Waals surface area contributed by atoms with Gasteiger partial charge in [0.05, 0.1) is 11.8 Å². The highest BCUT2D eigenvalue weighted by molar-refractivity contribution is 7.18. The summed E-state index contributed by atoms with van der Waals surface area (Å²) in [5.74, 6) is 0.0231. The molecule has 0 unspecified atom stereocenters. The molecule has 0 aliphatic heterocycles. The van der Waals surface area contributed by atoms with Crippen molar-refractivity contribution in [3.8, 4) is 6.07 Å². The van der Waals surface area contributed by atoms with Gasteiger partial charge in [-0.3, -0.25) is 9.59 Å². The Bertz CT molecular complexity index is 847. The molecule has 0 bridgehead atoms. The van der Waals surface area contributed by atoms with Crippen LogP contribution in [0.15, 0.2) is 4.79 Å². The number of carbonyl (C=O) groups excluding carboxylic acids is 1. The van der Waals surface area contributed by atoms with Crippen LogP contribution in [0.2, 0.25) is 0 Å². The van der Waals surface area contributed by atoms with Crippen LogP contribution in [0, 0.1) is 11.3 Å². The molecule has 2 aromatic heterocycles. The van der Waals surface area contributed by atoms with E-state index in [0.717, 1.165) is 36.1 Å². The molecule has 0 amide bonds. The number of ether oxygens (including phenoxy) is 1. The summed E-state index contributed by atoms with van der Waals surface area (Å²) in [6.07, 6.45) is 3.86. The van der Waals surface area contributed by atoms with E-state index in [9.17, 15) is 9.59 Å². The molecule has 7 heteroatoms. The van der Waals surface area contributed by atoms with E-state index in [1.807, 2.05) is 6.07 Å². The van der Waals surface area contributed by atoms with Gasteiger partial charge in [-0.05, 0) is 38.2 Å². The van der Waals surface area contributed by atoms with Gasteiger partial charge in [-0.1, -0.05) is 0 Å². The molecule has 6 nitrogen and oxygen atoms in total. The van der Waals surface area contributed by atoms with Crippen LogP contribution in [-0.4, -0.2) is 22.0 Å². The summed E-state index contributed by atoms with van der Waals surface area (Å²) in [5, 5.41) is 9.33. The van der Waals surface area contributed by atoms with Crippen molar-refractivity contribution in [2.24, 2.45) is 0 Å². The summed E-state index contributed by atoms with van der Waals surface area (Å²) >= 11 is 1.59.